The van der Waals surface area contributed by atoms with E-state index in [9.17, 15) is 4.79 Å². The van der Waals surface area contributed by atoms with Crippen molar-refractivity contribution < 1.29 is 0 Å². The maximum absolute atomic E-state index is 11.1. The second kappa shape index (κ2) is 3.48. The molecule has 1 rings (SSSR count). The van der Waals surface area contributed by atoms with Crippen LogP contribution in [0.3, 0.4) is 0 Å². The van der Waals surface area contributed by atoms with E-state index < -0.39 is 0 Å². The fraction of sp³-hybridized carbons (Fsp3) is 0.429. The van der Waals surface area contributed by atoms with Crippen LogP contribution >= 0.6 is 12.2 Å². The Morgan fingerprint density at radius 2 is 2.36 bits per heavy atom. The largest absolute Gasteiger partial charge is 0.338 e. The molecule has 2 N–H and O–H groups in total. The van der Waals surface area contributed by atoms with Crippen LogP contribution in [0.1, 0.15) is 18.9 Å². The molecule has 0 saturated carbocycles. The van der Waals surface area contributed by atoms with E-state index in [-0.39, 0.29) is 5.56 Å². The number of hydrogen-bond acceptors (Lipinski definition) is 2. The summed E-state index contributed by atoms with van der Waals surface area (Å²) in [6, 6.07) is 0. The van der Waals surface area contributed by atoms with E-state index in [1.165, 1.54) is 0 Å². The zero-order chi connectivity index (χ0) is 8.27. The van der Waals surface area contributed by atoms with Gasteiger partial charge in [0.2, 0.25) is 0 Å². The normalized spacial score (nSPS) is 9.91. The molecule has 1 aromatic heterocycles. The van der Waals surface area contributed by atoms with Gasteiger partial charge in [-0.2, -0.15) is 0 Å². The van der Waals surface area contributed by atoms with Crippen molar-refractivity contribution in [3.05, 3.63) is 26.9 Å². The van der Waals surface area contributed by atoms with Gasteiger partial charge in [-0.25, -0.2) is 0 Å². The number of aromatic amines is 2. The minimum Gasteiger partial charge on any atom is -0.338 e. The Morgan fingerprint density at radius 3 is 2.91 bits per heavy atom. The molecule has 1 heterocycles. The summed E-state index contributed by atoms with van der Waals surface area (Å²) in [5.74, 6) is 0. The number of nitrogens with one attached hydrogen (secondary N) is 2. The summed E-state index contributed by atoms with van der Waals surface area (Å²) in [5.41, 5.74) is 0.691. The Bertz CT molecular complexity index is 339. The molecular formula is C7H10N2OS. The summed E-state index contributed by atoms with van der Waals surface area (Å²) in [6.45, 7) is 2.03. The summed E-state index contributed by atoms with van der Waals surface area (Å²) in [7, 11) is 0. The first-order chi connectivity index (χ1) is 5.24. The standard InChI is InChI=1S/C7H10N2OS/c1-2-3-5-4-8-7(11)9-6(5)10/h4H,2-3H2,1H3,(H2,8,9,10,11). The van der Waals surface area contributed by atoms with Crippen molar-refractivity contribution in [1.82, 2.24) is 9.97 Å². The molecule has 0 radical (unpaired) electrons. The average Bonchev–Trinajstić information content (AvgIpc) is 1.95. The van der Waals surface area contributed by atoms with Crippen LogP contribution in [0.2, 0.25) is 0 Å². The molecule has 11 heavy (non-hydrogen) atoms. The second-order valence-corrected chi connectivity index (χ2v) is 2.76. The first-order valence-corrected chi connectivity index (χ1v) is 3.95. The second-order valence-electron chi connectivity index (χ2n) is 2.35. The van der Waals surface area contributed by atoms with Crippen molar-refractivity contribution in [1.29, 1.82) is 0 Å². The van der Waals surface area contributed by atoms with Gasteiger partial charge in [0.1, 0.15) is 0 Å². The fourth-order valence-electron chi connectivity index (χ4n) is 0.893. The molecule has 0 saturated heterocycles. The van der Waals surface area contributed by atoms with Gasteiger partial charge in [-0.1, -0.05) is 13.3 Å². The minimum atomic E-state index is -0.0735. The van der Waals surface area contributed by atoms with Gasteiger partial charge >= 0.3 is 0 Å². The predicted octanol–water partition coefficient (Wildman–Crippen LogP) is 1.38. The summed E-state index contributed by atoms with van der Waals surface area (Å²) in [6.07, 6.45) is 3.43. The van der Waals surface area contributed by atoms with Gasteiger partial charge < -0.3 is 4.98 Å². The molecular weight excluding hydrogens is 160 g/mol. The first-order valence-electron chi connectivity index (χ1n) is 3.55. The molecule has 0 unspecified atom stereocenters. The van der Waals surface area contributed by atoms with E-state index in [2.05, 4.69) is 9.97 Å². The van der Waals surface area contributed by atoms with Gasteiger partial charge in [0.05, 0.1) is 0 Å². The van der Waals surface area contributed by atoms with E-state index in [1.807, 2.05) is 6.92 Å². The molecule has 0 fully saturated rings. The van der Waals surface area contributed by atoms with Crippen LogP contribution in [-0.4, -0.2) is 9.97 Å². The van der Waals surface area contributed by atoms with E-state index >= 15 is 0 Å². The van der Waals surface area contributed by atoms with Crippen LogP contribution < -0.4 is 5.56 Å². The van der Waals surface area contributed by atoms with Gasteiger partial charge in [-0.15, -0.1) is 0 Å². The summed E-state index contributed by atoms with van der Waals surface area (Å²) < 4.78 is 0.384. The number of H-pyrrole nitrogens is 2. The maximum Gasteiger partial charge on any atom is 0.254 e. The van der Waals surface area contributed by atoms with E-state index in [1.54, 1.807) is 6.20 Å². The molecule has 0 atom stereocenters. The Balaban J connectivity index is 3.10. The molecule has 3 nitrogen and oxygen atoms in total. The van der Waals surface area contributed by atoms with Gasteiger partial charge in [-0.3, -0.25) is 9.78 Å². The smallest absolute Gasteiger partial charge is 0.254 e. The highest BCUT2D eigenvalue weighted by Gasteiger charge is 1.95. The monoisotopic (exact) mass is 170 g/mol. The van der Waals surface area contributed by atoms with E-state index in [0.29, 0.717) is 4.77 Å². The third kappa shape index (κ3) is 2.01. The van der Waals surface area contributed by atoms with Gasteiger partial charge in [0.25, 0.3) is 5.56 Å². The van der Waals surface area contributed by atoms with Crippen LogP contribution in [0, 0.1) is 4.77 Å². The fourth-order valence-corrected chi connectivity index (χ4v) is 1.04. The molecule has 0 aliphatic rings. The lowest BCUT2D eigenvalue weighted by molar-refractivity contribution is 0.880. The topological polar surface area (TPSA) is 48.6 Å². The Labute approximate surface area is 69.5 Å². The van der Waals surface area contributed by atoms with Gasteiger partial charge in [-0.05, 0) is 18.6 Å². The quantitative estimate of drug-likeness (QED) is 0.659. The van der Waals surface area contributed by atoms with Crippen molar-refractivity contribution in [2.45, 2.75) is 19.8 Å². The van der Waals surface area contributed by atoms with Gasteiger partial charge in [0, 0.05) is 11.8 Å². The third-order valence-corrected chi connectivity index (χ3v) is 1.64. The van der Waals surface area contributed by atoms with Crippen LogP contribution in [-0.2, 0) is 6.42 Å². The molecule has 0 aromatic carbocycles. The molecule has 60 valence electrons. The Morgan fingerprint density at radius 1 is 1.64 bits per heavy atom. The van der Waals surface area contributed by atoms with Crippen molar-refractivity contribution in [2.75, 3.05) is 0 Å². The van der Waals surface area contributed by atoms with Crippen molar-refractivity contribution in [2.24, 2.45) is 0 Å². The zero-order valence-electron chi connectivity index (χ0n) is 6.31. The number of hydrogen-bond donors (Lipinski definition) is 2. The molecule has 0 spiro atoms. The average molecular weight is 170 g/mol. The van der Waals surface area contributed by atoms with Crippen molar-refractivity contribution in [3.63, 3.8) is 0 Å². The van der Waals surface area contributed by atoms with Crippen molar-refractivity contribution >= 4 is 12.2 Å². The molecule has 0 aliphatic carbocycles. The van der Waals surface area contributed by atoms with Crippen LogP contribution in [0.4, 0.5) is 0 Å². The SMILES string of the molecule is CCCc1c[nH]c(=S)[nH]c1=O. The Hall–Kier alpha value is -0.900. The molecule has 0 bridgehead atoms. The third-order valence-electron chi connectivity index (χ3n) is 1.42. The summed E-state index contributed by atoms with van der Waals surface area (Å²) in [5, 5.41) is 0. The molecule has 1 aromatic rings. The summed E-state index contributed by atoms with van der Waals surface area (Å²) >= 11 is 4.73. The highest BCUT2D eigenvalue weighted by Crippen LogP contribution is 1.91. The molecule has 0 amide bonds. The lowest BCUT2D eigenvalue weighted by Crippen LogP contribution is -2.12. The minimum absolute atomic E-state index is 0.0735. The highest BCUT2D eigenvalue weighted by atomic mass is 32.1. The van der Waals surface area contributed by atoms with E-state index in [0.717, 1.165) is 18.4 Å². The van der Waals surface area contributed by atoms with Crippen LogP contribution in [0.5, 0.6) is 0 Å². The van der Waals surface area contributed by atoms with Crippen LogP contribution in [0.15, 0.2) is 11.0 Å². The van der Waals surface area contributed by atoms with E-state index in [4.69, 9.17) is 12.2 Å². The number of aromatic nitrogens is 2. The lowest BCUT2D eigenvalue weighted by Gasteiger charge is -1.94. The Kier molecular flexibility index (Phi) is 2.59. The number of rotatable bonds is 2. The predicted molar refractivity (Wildman–Crippen MR) is 46.2 cm³/mol. The maximum atomic E-state index is 11.1. The first kappa shape index (κ1) is 8.20. The molecule has 4 heteroatoms. The summed E-state index contributed by atoms with van der Waals surface area (Å²) in [4.78, 5) is 16.4. The number of aryl methyl sites for hydroxylation is 1. The molecule has 0 aliphatic heterocycles. The highest BCUT2D eigenvalue weighted by molar-refractivity contribution is 7.71. The van der Waals surface area contributed by atoms with Gasteiger partial charge in [0.15, 0.2) is 4.77 Å². The van der Waals surface area contributed by atoms with Crippen LogP contribution in [0.25, 0.3) is 0 Å². The lowest BCUT2D eigenvalue weighted by atomic mass is 10.2. The zero-order valence-corrected chi connectivity index (χ0v) is 7.12. The van der Waals surface area contributed by atoms with Crippen molar-refractivity contribution in [3.8, 4) is 0 Å².